The van der Waals surface area contributed by atoms with Crippen LogP contribution in [0.15, 0.2) is 0 Å². The minimum atomic E-state index is -4.78. The van der Waals surface area contributed by atoms with E-state index in [-0.39, 0.29) is 12.5 Å². The van der Waals surface area contributed by atoms with E-state index in [0.29, 0.717) is 0 Å². The smallest absolute Gasteiger partial charge is 0.217 e. The molecule has 106 valence electrons. The van der Waals surface area contributed by atoms with E-state index < -0.39 is 41.2 Å². The van der Waals surface area contributed by atoms with Crippen LogP contribution in [0.25, 0.3) is 0 Å². The summed E-state index contributed by atoms with van der Waals surface area (Å²) in [5.41, 5.74) is 0. The molecule has 1 aliphatic rings. The lowest BCUT2D eigenvalue weighted by atomic mass is 9.90. The van der Waals surface area contributed by atoms with Gasteiger partial charge in [0.05, 0.1) is 31.5 Å². The molecule has 1 heterocycles. The maximum absolute atomic E-state index is 10.9. The van der Waals surface area contributed by atoms with Gasteiger partial charge in [0.15, 0.2) is 0 Å². The molecule has 2 unspecified atom stereocenters. The van der Waals surface area contributed by atoms with Gasteiger partial charge in [0.1, 0.15) is 0 Å². The van der Waals surface area contributed by atoms with Crippen molar-refractivity contribution in [2.75, 3.05) is 13.2 Å². The van der Waals surface area contributed by atoms with E-state index in [1.807, 2.05) is 0 Å². The second-order valence-electron chi connectivity index (χ2n) is 4.22. The number of amides is 1. The van der Waals surface area contributed by atoms with Crippen LogP contribution in [-0.4, -0.2) is 55.4 Å². The normalized spacial score (nSPS) is 33.1. The topological polar surface area (TPSA) is 125 Å². The Morgan fingerprint density at radius 1 is 1.61 bits per heavy atom. The molecule has 1 amide bonds. The molecule has 9 heteroatoms. The lowest BCUT2D eigenvalue weighted by molar-refractivity contribution is -0.134. The highest BCUT2D eigenvalue weighted by molar-refractivity contribution is 7.80. The molecule has 1 fully saturated rings. The molecule has 18 heavy (non-hydrogen) atoms. The van der Waals surface area contributed by atoms with Gasteiger partial charge in [-0.3, -0.25) is 8.98 Å². The summed E-state index contributed by atoms with van der Waals surface area (Å²) in [7, 11) is -4.78. The summed E-state index contributed by atoms with van der Waals surface area (Å²) in [6.45, 7) is 2.51. The summed E-state index contributed by atoms with van der Waals surface area (Å²) < 4.78 is 40.3. The maximum Gasteiger partial charge on any atom is 0.217 e. The molecule has 0 bridgehead atoms. The van der Waals surface area contributed by atoms with Crippen LogP contribution in [0.3, 0.4) is 0 Å². The van der Waals surface area contributed by atoms with E-state index >= 15 is 0 Å². The monoisotopic (exact) mass is 282 g/mol. The third-order valence-electron chi connectivity index (χ3n) is 2.79. The van der Waals surface area contributed by atoms with Crippen LogP contribution < -0.4 is 5.32 Å². The van der Waals surface area contributed by atoms with Crippen LogP contribution in [-0.2, 0) is 24.1 Å². The first-order chi connectivity index (χ1) is 8.20. The number of aliphatic hydroxyl groups excluding tert-OH is 1. The van der Waals surface area contributed by atoms with Gasteiger partial charge in [-0.05, 0) is 0 Å². The fraction of sp³-hybridized carbons (Fsp3) is 0.889. The first-order valence-corrected chi connectivity index (χ1v) is 6.71. The van der Waals surface area contributed by atoms with Crippen molar-refractivity contribution in [1.82, 2.24) is 5.32 Å². The van der Waals surface area contributed by atoms with E-state index in [0.717, 1.165) is 0 Å². The number of ether oxygens (including phenoxy) is 1. The zero-order valence-electron chi connectivity index (χ0n) is 10.0. The highest BCUT2D eigenvalue weighted by Crippen LogP contribution is 2.22. The van der Waals surface area contributed by atoms with Gasteiger partial charge in [-0.15, -0.1) is 0 Å². The van der Waals surface area contributed by atoms with Crippen LogP contribution in [0.4, 0.5) is 0 Å². The number of rotatable bonds is 4. The lowest BCUT2D eigenvalue weighted by Gasteiger charge is -2.38. The summed E-state index contributed by atoms with van der Waals surface area (Å²) in [6.07, 6.45) is -1.61. The Morgan fingerprint density at radius 3 is 2.72 bits per heavy atom. The summed E-state index contributed by atoms with van der Waals surface area (Å²) in [5.74, 6) is -0.774. The number of carbonyl (C=O) groups is 1. The minimum absolute atomic E-state index is 0.0258. The summed E-state index contributed by atoms with van der Waals surface area (Å²) in [6, 6.07) is -0.558. The fourth-order valence-corrected chi connectivity index (χ4v) is 2.10. The summed E-state index contributed by atoms with van der Waals surface area (Å²) >= 11 is 0. The number of carbonyl (C=O) groups excluding carboxylic acids is 1. The van der Waals surface area contributed by atoms with E-state index in [1.54, 1.807) is 6.92 Å². The Labute approximate surface area is 105 Å². The van der Waals surface area contributed by atoms with Gasteiger partial charge in [-0.1, -0.05) is 6.92 Å². The Kier molecular flexibility index (Phi) is 5.05. The minimum Gasteiger partial charge on any atom is -0.726 e. The second-order valence-corrected chi connectivity index (χ2v) is 5.27. The SMILES string of the molecule is CC(=O)NC1COC(COS(=O)(=O)[O-])[C@@H](C)[C@H]1O. The molecule has 1 saturated heterocycles. The van der Waals surface area contributed by atoms with Crippen molar-refractivity contribution < 1.29 is 31.8 Å². The number of aliphatic hydroxyl groups is 1. The highest BCUT2D eigenvalue weighted by atomic mass is 32.3. The molecule has 0 aromatic rings. The summed E-state index contributed by atoms with van der Waals surface area (Å²) in [4.78, 5) is 10.9. The van der Waals surface area contributed by atoms with E-state index in [9.17, 15) is 22.9 Å². The third kappa shape index (κ3) is 4.50. The molecule has 0 aromatic heterocycles. The predicted octanol–water partition coefficient (Wildman–Crippen LogP) is -1.64. The average molecular weight is 282 g/mol. The van der Waals surface area contributed by atoms with Crippen LogP contribution in [0.1, 0.15) is 13.8 Å². The largest absolute Gasteiger partial charge is 0.726 e. The van der Waals surface area contributed by atoms with E-state index in [4.69, 9.17) is 4.74 Å². The molecule has 1 aliphatic heterocycles. The van der Waals surface area contributed by atoms with Crippen LogP contribution >= 0.6 is 0 Å². The van der Waals surface area contributed by atoms with E-state index in [2.05, 4.69) is 9.50 Å². The van der Waals surface area contributed by atoms with Gasteiger partial charge in [0.25, 0.3) is 0 Å². The van der Waals surface area contributed by atoms with Gasteiger partial charge < -0.3 is 19.7 Å². The Hall–Kier alpha value is -0.740. The molecule has 0 spiro atoms. The quantitative estimate of drug-likeness (QED) is 0.468. The molecule has 8 nitrogen and oxygen atoms in total. The van der Waals surface area contributed by atoms with Gasteiger partial charge in [0, 0.05) is 12.8 Å². The Balaban J connectivity index is 2.55. The van der Waals surface area contributed by atoms with Crippen LogP contribution in [0, 0.1) is 5.92 Å². The maximum atomic E-state index is 10.9. The molecule has 4 atom stereocenters. The standard InChI is InChI=1S/C9H17NO7S/c1-5-8(4-17-18(13,14)15)16-3-7(9(5)12)10-6(2)11/h5,7-9,12H,3-4H2,1-2H3,(H,10,11)(H,13,14,15)/p-1/t5-,7?,8?,9-/m1/s1. The van der Waals surface area contributed by atoms with Gasteiger partial charge in [-0.2, -0.15) is 0 Å². The predicted molar refractivity (Wildman–Crippen MR) is 58.2 cm³/mol. The highest BCUT2D eigenvalue weighted by Gasteiger charge is 2.37. The molecule has 0 aliphatic carbocycles. The fourth-order valence-electron chi connectivity index (χ4n) is 1.80. The number of hydrogen-bond donors (Lipinski definition) is 2. The molecular weight excluding hydrogens is 266 g/mol. The zero-order valence-corrected chi connectivity index (χ0v) is 10.8. The second kappa shape index (κ2) is 5.93. The van der Waals surface area contributed by atoms with Gasteiger partial charge in [0.2, 0.25) is 16.3 Å². The lowest BCUT2D eigenvalue weighted by Crippen LogP contribution is -2.56. The third-order valence-corrected chi connectivity index (χ3v) is 3.22. The number of nitrogens with one attached hydrogen (secondary N) is 1. The zero-order chi connectivity index (χ0) is 13.9. The van der Waals surface area contributed by atoms with Crippen molar-refractivity contribution in [2.24, 2.45) is 5.92 Å². The molecule has 0 aromatic carbocycles. The average Bonchev–Trinajstić information content (AvgIpc) is 2.22. The van der Waals surface area contributed by atoms with Crippen LogP contribution in [0.2, 0.25) is 0 Å². The van der Waals surface area contributed by atoms with Crippen molar-refractivity contribution in [1.29, 1.82) is 0 Å². The van der Waals surface area contributed by atoms with Gasteiger partial charge >= 0.3 is 0 Å². The Bertz CT molecular complexity index is 396. The van der Waals surface area contributed by atoms with Crippen molar-refractivity contribution in [3.8, 4) is 0 Å². The van der Waals surface area contributed by atoms with E-state index in [1.165, 1.54) is 6.92 Å². The number of hydrogen-bond acceptors (Lipinski definition) is 7. The van der Waals surface area contributed by atoms with Gasteiger partial charge in [-0.25, -0.2) is 8.42 Å². The molecule has 1 rings (SSSR count). The Morgan fingerprint density at radius 2 is 2.22 bits per heavy atom. The van der Waals surface area contributed by atoms with Crippen molar-refractivity contribution in [3.63, 3.8) is 0 Å². The van der Waals surface area contributed by atoms with Crippen molar-refractivity contribution in [3.05, 3.63) is 0 Å². The first-order valence-electron chi connectivity index (χ1n) is 5.37. The molecule has 0 saturated carbocycles. The molecule has 0 radical (unpaired) electrons. The first kappa shape index (κ1) is 15.3. The van der Waals surface area contributed by atoms with Crippen molar-refractivity contribution >= 4 is 16.3 Å². The summed E-state index contributed by atoms with van der Waals surface area (Å²) in [5, 5.41) is 12.4. The van der Waals surface area contributed by atoms with Crippen LogP contribution in [0.5, 0.6) is 0 Å². The molecule has 2 N–H and O–H groups in total. The van der Waals surface area contributed by atoms with Crippen molar-refractivity contribution in [2.45, 2.75) is 32.1 Å². The molecular formula is C9H16NO7S-.